The quantitative estimate of drug-likeness (QED) is 0.805. The Morgan fingerprint density at radius 3 is 2.42 bits per heavy atom. The lowest BCUT2D eigenvalue weighted by Gasteiger charge is -2.21. The van der Waals surface area contributed by atoms with Gasteiger partial charge in [0.2, 0.25) is 5.91 Å². The summed E-state index contributed by atoms with van der Waals surface area (Å²) in [6.45, 7) is 1.48. The molecule has 0 radical (unpaired) electrons. The van der Waals surface area contributed by atoms with E-state index in [0.29, 0.717) is 0 Å². The summed E-state index contributed by atoms with van der Waals surface area (Å²) in [4.78, 5) is 24.7. The van der Waals surface area contributed by atoms with E-state index in [-0.39, 0.29) is 11.7 Å². The van der Waals surface area contributed by atoms with Crippen LogP contribution in [0.4, 0.5) is 0 Å². The number of methoxy groups -OCH3 is 1. The normalized spacial score (nSPS) is 11.7. The van der Waals surface area contributed by atoms with E-state index in [9.17, 15) is 9.59 Å². The van der Waals surface area contributed by atoms with Crippen LogP contribution in [0.5, 0.6) is 5.75 Å². The van der Waals surface area contributed by atoms with Gasteiger partial charge in [0.05, 0.1) is 12.9 Å². The van der Waals surface area contributed by atoms with Gasteiger partial charge < -0.3 is 14.7 Å². The lowest BCUT2D eigenvalue weighted by atomic mass is 10.3. The summed E-state index contributed by atoms with van der Waals surface area (Å²) >= 11 is 1.37. The number of aliphatic carboxylic acids is 1. The molecule has 5 nitrogen and oxygen atoms in total. The van der Waals surface area contributed by atoms with Crippen molar-refractivity contribution in [3.8, 4) is 5.75 Å². The summed E-state index contributed by atoms with van der Waals surface area (Å²) in [5.41, 5.74) is 0. The SMILES string of the molecule is COc1ccc(SCC(=O)N(C)C(C)C(=O)O)cc1. The molecule has 0 bridgehead atoms. The number of ether oxygens (including phenoxy) is 1. The highest BCUT2D eigenvalue weighted by Gasteiger charge is 2.21. The molecule has 0 aliphatic carbocycles. The summed E-state index contributed by atoms with van der Waals surface area (Å²) in [6, 6.07) is 6.53. The second kappa shape index (κ2) is 7.04. The van der Waals surface area contributed by atoms with Crippen LogP contribution in [0.1, 0.15) is 6.92 Å². The van der Waals surface area contributed by atoms with Gasteiger partial charge in [0.25, 0.3) is 0 Å². The molecule has 1 aromatic rings. The smallest absolute Gasteiger partial charge is 0.326 e. The van der Waals surface area contributed by atoms with Crippen molar-refractivity contribution in [1.82, 2.24) is 4.90 Å². The molecule has 0 aromatic heterocycles. The van der Waals surface area contributed by atoms with Crippen molar-refractivity contribution in [3.63, 3.8) is 0 Å². The lowest BCUT2D eigenvalue weighted by Crippen LogP contribution is -2.41. The summed E-state index contributed by atoms with van der Waals surface area (Å²) < 4.78 is 5.04. The van der Waals surface area contributed by atoms with E-state index in [4.69, 9.17) is 9.84 Å². The van der Waals surface area contributed by atoms with Gasteiger partial charge in [-0.15, -0.1) is 11.8 Å². The van der Waals surface area contributed by atoms with Gasteiger partial charge in [-0.2, -0.15) is 0 Å². The molecule has 0 fully saturated rings. The molecular weight excluding hydrogens is 266 g/mol. The second-order valence-corrected chi connectivity index (χ2v) is 5.03. The Morgan fingerprint density at radius 2 is 1.95 bits per heavy atom. The molecule has 6 heteroatoms. The summed E-state index contributed by atoms with van der Waals surface area (Å²) in [5.74, 6) is -0.256. The maximum atomic E-state index is 11.8. The van der Waals surface area contributed by atoms with Crippen LogP contribution in [0.25, 0.3) is 0 Å². The third-order valence-corrected chi connectivity index (χ3v) is 3.75. The molecule has 0 saturated heterocycles. The van der Waals surface area contributed by atoms with E-state index in [0.717, 1.165) is 10.6 Å². The Morgan fingerprint density at radius 1 is 1.37 bits per heavy atom. The van der Waals surface area contributed by atoms with Crippen molar-refractivity contribution in [1.29, 1.82) is 0 Å². The van der Waals surface area contributed by atoms with Crippen LogP contribution in [-0.4, -0.2) is 47.8 Å². The molecular formula is C13H17NO4S. The van der Waals surface area contributed by atoms with Gasteiger partial charge in [0.15, 0.2) is 0 Å². The zero-order valence-corrected chi connectivity index (χ0v) is 11.9. The third-order valence-electron chi connectivity index (χ3n) is 2.75. The fraction of sp³-hybridized carbons (Fsp3) is 0.385. The Balaban J connectivity index is 2.51. The predicted molar refractivity (Wildman–Crippen MR) is 73.6 cm³/mol. The molecule has 1 rings (SSSR count). The Kier molecular flexibility index (Phi) is 5.69. The standard InChI is InChI=1S/C13H17NO4S/c1-9(13(16)17)14(2)12(15)8-19-11-6-4-10(18-3)5-7-11/h4-7,9H,8H2,1-3H3,(H,16,17). The van der Waals surface area contributed by atoms with E-state index in [1.165, 1.54) is 30.6 Å². The van der Waals surface area contributed by atoms with Crippen LogP contribution in [0, 0.1) is 0 Å². The highest BCUT2D eigenvalue weighted by molar-refractivity contribution is 8.00. The number of nitrogens with zero attached hydrogens (tertiary/aromatic N) is 1. The molecule has 0 aliphatic heterocycles. The molecule has 19 heavy (non-hydrogen) atoms. The maximum Gasteiger partial charge on any atom is 0.326 e. The zero-order chi connectivity index (χ0) is 14.4. The van der Waals surface area contributed by atoms with Gasteiger partial charge in [-0.25, -0.2) is 4.79 Å². The number of carboxylic acid groups (broad SMARTS) is 1. The molecule has 1 amide bonds. The molecule has 0 heterocycles. The lowest BCUT2D eigenvalue weighted by molar-refractivity contribution is -0.147. The number of hydrogen-bond donors (Lipinski definition) is 1. The molecule has 104 valence electrons. The Bertz CT molecular complexity index is 446. The van der Waals surface area contributed by atoms with Crippen molar-refractivity contribution in [2.75, 3.05) is 19.9 Å². The number of benzene rings is 1. The van der Waals surface area contributed by atoms with Gasteiger partial charge in [-0.05, 0) is 31.2 Å². The van der Waals surface area contributed by atoms with Crippen LogP contribution < -0.4 is 4.74 Å². The first kappa shape index (κ1) is 15.4. The van der Waals surface area contributed by atoms with Crippen molar-refractivity contribution in [3.05, 3.63) is 24.3 Å². The Labute approximate surface area is 116 Å². The van der Waals surface area contributed by atoms with E-state index in [2.05, 4.69) is 0 Å². The number of amides is 1. The van der Waals surface area contributed by atoms with Gasteiger partial charge in [-0.3, -0.25) is 4.79 Å². The monoisotopic (exact) mass is 283 g/mol. The van der Waals surface area contributed by atoms with Crippen molar-refractivity contribution in [2.45, 2.75) is 17.9 Å². The minimum absolute atomic E-state index is 0.209. The molecule has 1 N–H and O–H groups in total. The van der Waals surface area contributed by atoms with E-state index in [1.807, 2.05) is 24.3 Å². The van der Waals surface area contributed by atoms with Crippen molar-refractivity contribution in [2.24, 2.45) is 0 Å². The topological polar surface area (TPSA) is 66.8 Å². The highest BCUT2D eigenvalue weighted by atomic mass is 32.2. The maximum absolute atomic E-state index is 11.8. The number of hydrogen-bond acceptors (Lipinski definition) is 4. The van der Waals surface area contributed by atoms with E-state index < -0.39 is 12.0 Å². The molecule has 1 aromatic carbocycles. The van der Waals surface area contributed by atoms with Crippen LogP contribution in [0.2, 0.25) is 0 Å². The number of rotatable bonds is 6. The molecule has 0 aliphatic rings. The molecule has 0 saturated carbocycles. The number of carbonyl (C=O) groups excluding carboxylic acids is 1. The molecule has 1 unspecified atom stereocenters. The minimum Gasteiger partial charge on any atom is -0.497 e. The van der Waals surface area contributed by atoms with Crippen molar-refractivity contribution < 1.29 is 19.4 Å². The average molecular weight is 283 g/mol. The van der Waals surface area contributed by atoms with Crippen LogP contribution in [0.3, 0.4) is 0 Å². The van der Waals surface area contributed by atoms with Gasteiger partial charge >= 0.3 is 5.97 Å². The number of thioether (sulfide) groups is 1. The van der Waals surface area contributed by atoms with E-state index in [1.54, 1.807) is 7.11 Å². The third kappa shape index (κ3) is 4.48. The van der Waals surface area contributed by atoms with Crippen LogP contribution in [0.15, 0.2) is 29.2 Å². The zero-order valence-electron chi connectivity index (χ0n) is 11.1. The first-order valence-corrected chi connectivity index (χ1v) is 6.69. The Hall–Kier alpha value is -1.69. The molecule has 1 atom stereocenters. The first-order chi connectivity index (χ1) is 8.95. The fourth-order valence-corrected chi connectivity index (χ4v) is 2.12. The summed E-state index contributed by atoms with van der Waals surface area (Å²) in [5, 5.41) is 8.83. The highest BCUT2D eigenvalue weighted by Crippen LogP contribution is 2.21. The largest absolute Gasteiger partial charge is 0.497 e. The first-order valence-electron chi connectivity index (χ1n) is 5.71. The van der Waals surface area contributed by atoms with Gasteiger partial charge in [-0.1, -0.05) is 0 Å². The second-order valence-electron chi connectivity index (χ2n) is 3.98. The number of carboxylic acids is 1. The molecule has 0 spiro atoms. The average Bonchev–Trinajstić information content (AvgIpc) is 2.43. The van der Waals surface area contributed by atoms with Crippen molar-refractivity contribution >= 4 is 23.6 Å². The predicted octanol–water partition coefficient (Wildman–Crippen LogP) is 1.72. The minimum atomic E-state index is -1.01. The summed E-state index contributed by atoms with van der Waals surface area (Å²) in [7, 11) is 3.09. The van der Waals surface area contributed by atoms with Crippen LogP contribution in [-0.2, 0) is 9.59 Å². The summed E-state index contributed by atoms with van der Waals surface area (Å²) in [6.07, 6.45) is 0. The van der Waals surface area contributed by atoms with E-state index >= 15 is 0 Å². The fourth-order valence-electron chi connectivity index (χ4n) is 1.30. The van der Waals surface area contributed by atoms with Gasteiger partial charge in [0.1, 0.15) is 11.8 Å². The number of likely N-dealkylation sites (N-methyl/N-ethyl adjacent to an activating group) is 1. The number of carbonyl (C=O) groups is 2. The van der Waals surface area contributed by atoms with Gasteiger partial charge in [0, 0.05) is 11.9 Å². The van der Waals surface area contributed by atoms with Crippen LogP contribution >= 0.6 is 11.8 Å².